The average molecular weight is 206 g/mol. The summed E-state index contributed by atoms with van der Waals surface area (Å²) in [6.07, 6.45) is 1.35. The summed E-state index contributed by atoms with van der Waals surface area (Å²) in [5.41, 5.74) is 1.12. The van der Waals surface area contributed by atoms with Crippen LogP contribution in [0.3, 0.4) is 0 Å². The van der Waals surface area contributed by atoms with Crippen molar-refractivity contribution in [3.05, 3.63) is 23.8 Å². The van der Waals surface area contributed by atoms with Crippen LogP contribution in [0.25, 0.3) is 0 Å². The van der Waals surface area contributed by atoms with E-state index in [4.69, 9.17) is 9.47 Å². The quantitative estimate of drug-likeness (QED) is 0.758. The Kier molecular flexibility index (Phi) is 2.90. The van der Waals surface area contributed by atoms with Crippen LogP contribution in [0.5, 0.6) is 11.5 Å². The van der Waals surface area contributed by atoms with Gasteiger partial charge in [-0.25, -0.2) is 0 Å². The van der Waals surface area contributed by atoms with Crippen molar-refractivity contribution < 1.29 is 14.3 Å². The highest BCUT2D eigenvalue weighted by atomic mass is 16.6. The summed E-state index contributed by atoms with van der Waals surface area (Å²) in [6, 6.07) is 5.85. The Bertz CT molecular complexity index is 371. The fraction of sp³-hybridized carbons (Fsp3) is 0.417. The molecule has 0 saturated heterocycles. The molecule has 1 aromatic carbocycles. The summed E-state index contributed by atoms with van der Waals surface area (Å²) >= 11 is 0. The van der Waals surface area contributed by atoms with Crippen LogP contribution in [-0.4, -0.2) is 19.0 Å². The van der Waals surface area contributed by atoms with Crippen LogP contribution < -0.4 is 9.47 Å². The molecule has 0 atom stereocenters. The Morgan fingerprint density at radius 2 is 2.00 bits per heavy atom. The first-order valence-corrected chi connectivity index (χ1v) is 5.13. The molecule has 0 radical (unpaired) electrons. The second kappa shape index (κ2) is 4.34. The molecule has 0 aromatic heterocycles. The standard InChI is InChI=1S/C12H14O3/c1-9(13)2-3-10-4-5-11-12(8-10)15-7-6-14-11/h4-5,8H,2-3,6-7H2,1H3. The van der Waals surface area contributed by atoms with Gasteiger partial charge in [0.1, 0.15) is 19.0 Å². The molecule has 0 unspecified atom stereocenters. The Morgan fingerprint density at radius 3 is 2.73 bits per heavy atom. The highest BCUT2D eigenvalue weighted by Crippen LogP contribution is 2.30. The SMILES string of the molecule is CC(=O)CCc1ccc2c(c1)OCCO2. The lowest BCUT2D eigenvalue weighted by atomic mass is 10.1. The van der Waals surface area contributed by atoms with Crippen molar-refractivity contribution in [1.29, 1.82) is 0 Å². The van der Waals surface area contributed by atoms with E-state index in [1.807, 2.05) is 18.2 Å². The Hall–Kier alpha value is -1.51. The minimum Gasteiger partial charge on any atom is -0.486 e. The van der Waals surface area contributed by atoms with Gasteiger partial charge in [-0.15, -0.1) is 0 Å². The minimum absolute atomic E-state index is 0.213. The zero-order valence-electron chi connectivity index (χ0n) is 8.79. The molecule has 15 heavy (non-hydrogen) atoms. The third kappa shape index (κ3) is 2.49. The molecule has 0 saturated carbocycles. The first kappa shape index (κ1) is 10.0. The van der Waals surface area contributed by atoms with E-state index in [1.54, 1.807) is 6.92 Å². The molecule has 0 N–H and O–H groups in total. The molecule has 1 aliphatic heterocycles. The lowest BCUT2D eigenvalue weighted by Gasteiger charge is -2.18. The summed E-state index contributed by atoms with van der Waals surface area (Å²) in [5.74, 6) is 1.81. The largest absolute Gasteiger partial charge is 0.486 e. The summed E-state index contributed by atoms with van der Waals surface area (Å²) in [4.78, 5) is 10.8. The van der Waals surface area contributed by atoms with Crippen molar-refractivity contribution in [3.63, 3.8) is 0 Å². The second-order valence-corrected chi connectivity index (χ2v) is 3.68. The number of carbonyl (C=O) groups is 1. The topological polar surface area (TPSA) is 35.5 Å². The van der Waals surface area contributed by atoms with E-state index in [1.165, 1.54) is 0 Å². The van der Waals surface area contributed by atoms with Gasteiger partial charge in [-0.05, 0) is 31.0 Å². The van der Waals surface area contributed by atoms with E-state index < -0.39 is 0 Å². The smallest absolute Gasteiger partial charge is 0.161 e. The van der Waals surface area contributed by atoms with E-state index >= 15 is 0 Å². The number of carbonyl (C=O) groups excluding carboxylic acids is 1. The Balaban J connectivity index is 2.10. The Morgan fingerprint density at radius 1 is 1.27 bits per heavy atom. The molecule has 80 valence electrons. The van der Waals surface area contributed by atoms with E-state index in [0.29, 0.717) is 19.6 Å². The van der Waals surface area contributed by atoms with Gasteiger partial charge in [0.05, 0.1) is 0 Å². The number of hydrogen-bond donors (Lipinski definition) is 0. The van der Waals surface area contributed by atoms with Crippen LogP contribution in [0.4, 0.5) is 0 Å². The van der Waals surface area contributed by atoms with Crippen molar-refractivity contribution >= 4 is 5.78 Å². The molecule has 2 rings (SSSR count). The van der Waals surface area contributed by atoms with Crippen molar-refractivity contribution in [1.82, 2.24) is 0 Å². The third-order valence-electron chi connectivity index (χ3n) is 2.37. The molecule has 1 heterocycles. The van der Waals surface area contributed by atoms with E-state index in [0.717, 1.165) is 23.5 Å². The molecule has 3 nitrogen and oxygen atoms in total. The van der Waals surface area contributed by atoms with E-state index in [-0.39, 0.29) is 5.78 Å². The number of Topliss-reactive ketones (excluding diaryl/α,β-unsaturated/α-hetero) is 1. The maximum atomic E-state index is 10.8. The maximum Gasteiger partial charge on any atom is 0.161 e. The molecule has 1 aromatic rings. The van der Waals surface area contributed by atoms with Gasteiger partial charge < -0.3 is 14.3 Å². The first-order chi connectivity index (χ1) is 7.25. The van der Waals surface area contributed by atoms with Gasteiger partial charge in [-0.2, -0.15) is 0 Å². The van der Waals surface area contributed by atoms with Crippen molar-refractivity contribution in [2.45, 2.75) is 19.8 Å². The predicted octanol–water partition coefficient (Wildman–Crippen LogP) is 1.98. The lowest BCUT2D eigenvalue weighted by molar-refractivity contribution is -0.116. The number of ketones is 1. The number of benzene rings is 1. The van der Waals surface area contributed by atoms with Gasteiger partial charge in [-0.3, -0.25) is 0 Å². The normalized spacial score (nSPS) is 13.7. The number of aryl methyl sites for hydroxylation is 1. The lowest BCUT2D eigenvalue weighted by Crippen LogP contribution is -2.15. The predicted molar refractivity (Wildman–Crippen MR) is 56.4 cm³/mol. The second-order valence-electron chi connectivity index (χ2n) is 3.68. The van der Waals surface area contributed by atoms with Crippen LogP contribution in [0, 0.1) is 0 Å². The van der Waals surface area contributed by atoms with E-state index in [9.17, 15) is 4.79 Å². The Labute approximate surface area is 89.0 Å². The minimum atomic E-state index is 0.213. The highest BCUT2D eigenvalue weighted by Gasteiger charge is 2.11. The van der Waals surface area contributed by atoms with Crippen LogP contribution in [0.15, 0.2) is 18.2 Å². The molecule has 1 aliphatic rings. The summed E-state index contributed by atoms with van der Waals surface area (Å²) in [6.45, 7) is 2.82. The molecule has 0 aliphatic carbocycles. The van der Waals surface area contributed by atoms with Gasteiger partial charge in [0, 0.05) is 6.42 Å². The maximum absolute atomic E-state index is 10.8. The zero-order valence-corrected chi connectivity index (χ0v) is 8.79. The van der Waals surface area contributed by atoms with Crippen molar-refractivity contribution in [3.8, 4) is 11.5 Å². The molecule has 0 fully saturated rings. The monoisotopic (exact) mass is 206 g/mol. The third-order valence-corrected chi connectivity index (χ3v) is 2.37. The molecular formula is C12H14O3. The molecular weight excluding hydrogens is 192 g/mol. The van der Waals surface area contributed by atoms with Crippen molar-refractivity contribution in [2.24, 2.45) is 0 Å². The van der Waals surface area contributed by atoms with Crippen LogP contribution in [-0.2, 0) is 11.2 Å². The fourth-order valence-corrected chi connectivity index (χ4v) is 1.56. The molecule has 0 spiro atoms. The fourth-order valence-electron chi connectivity index (χ4n) is 1.56. The van der Waals surface area contributed by atoms with Crippen LogP contribution in [0.1, 0.15) is 18.9 Å². The van der Waals surface area contributed by atoms with Gasteiger partial charge in [-0.1, -0.05) is 6.07 Å². The molecule has 0 amide bonds. The average Bonchev–Trinajstić information content (AvgIpc) is 2.26. The number of rotatable bonds is 3. The van der Waals surface area contributed by atoms with E-state index in [2.05, 4.69) is 0 Å². The zero-order chi connectivity index (χ0) is 10.7. The van der Waals surface area contributed by atoms with Crippen LogP contribution >= 0.6 is 0 Å². The highest BCUT2D eigenvalue weighted by molar-refractivity contribution is 5.75. The van der Waals surface area contributed by atoms with Gasteiger partial charge in [0.15, 0.2) is 11.5 Å². The summed E-state index contributed by atoms with van der Waals surface area (Å²) < 4.78 is 10.9. The van der Waals surface area contributed by atoms with Crippen molar-refractivity contribution in [2.75, 3.05) is 13.2 Å². The van der Waals surface area contributed by atoms with Crippen LogP contribution in [0.2, 0.25) is 0 Å². The number of fused-ring (bicyclic) bond motifs is 1. The summed E-state index contributed by atoms with van der Waals surface area (Å²) in [7, 11) is 0. The van der Waals surface area contributed by atoms with Gasteiger partial charge >= 0.3 is 0 Å². The van der Waals surface area contributed by atoms with Gasteiger partial charge in [0.2, 0.25) is 0 Å². The first-order valence-electron chi connectivity index (χ1n) is 5.13. The number of hydrogen-bond acceptors (Lipinski definition) is 3. The van der Waals surface area contributed by atoms with Gasteiger partial charge in [0.25, 0.3) is 0 Å². The number of ether oxygens (including phenoxy) is 2. The molecule has 0 bridgehead atoms. The summed E-state index contributed by atoms with van der Waals surface area (Å²) in [5, 5.41) is 0. The molecule has 3 heteroatoms.